The number of esters is 1. The lowest BCUT2D eigenvalue weighted by atomic mass is 10.2. The molecular formula is C15H22N2O3. The van der Waals surface area contributed by atoms with Gasteiger partial charge in [0.05, 0.1) is 6.42 Å². The molecule has 1 unspecified atom stereocenters. The van der Waals surface area contributed by atoms with Crippen molar-refractivity contribution >= 4 is 17.7 Å². The van der Waals surface area contributed by atoms with Gasteiger partial charge < -0.3 is 15.4 Å². The minimum absolute atomic E-state index is 0.138. The first-order chi connectivity index (χ1) is 9.26. The van der Waals surface area contributed by atoms with Crippen LogP contribution in [0, 0.1) is 0 Å². The number of benzene rings is 1. The second-order valence-electron chi connectivity index (χ2n) is 5.66. The zero-order chi connectivity index (χ0) is 15.2. The second kappa shape index (κ2) is 6.93. The minimum Gasteiger partial charge on any atom is -0.460 e. The first-order valence-electron chi connectivity index (χ1n) is 6.61. The fourth-order valence-corrected chi connectivity index (χ4v) is 1.60. The van der Waals surface area contributed by atoms with Crippen LogP contribution >= 0.6 is 0 Å². The predicted octanol–water partition coefficient (Wildman–Crippen LogP) is 2.93. The Bertz CT molecular complexity index is 452. The van der Waals surface area contributed by atoms with Crippen LogP contribution in [0.4, 0.5) is 10.5 Å². The van der Waals surface area contributed by atoms with Gasteiger partial charge in [-0.25, -0.2) is 4.79 Å². The molecule has 0 aliphatic rings. The van der Waals surface area contributed by atoms with Crippen LogP contribution in [-0.4, -0.2) is 23.6 Å². The highest BCUT2D eigenvalue weighted by Gasteiger charge is 2.19. The van der Waals surface area contributed by atoms with E-state index >= 15 is 0 Å². The summed E-state index contributed by atoms with van der Waals surface area (Å²) in [6.45, 7) is 7.19. The standard InChI is InChI=1S/C15H22N2O3/c1-11(10-13(18)20-15(2,3)4)16-14(19)17-12-8-6-5-7-9-12/h5-9,11H,10H2,1-4H3,(H2,16,17,19). The normalized spacial score (nSPS) is 12.4. The smallest absolute Gasteiger partial charge is 0.319 e. The van der Waals surface area contributed by atoms with Gasteiger partial charge >= 0.3 is 12.0 Å². The molecule has 0 saturated carbocycles. The number of nitrogens with one attached hydrogen (secondary N) is 2. The summed E-state index contributed by atoms with van der Waals surface area (Å²) in [6.07, 6.45) is 0.138. The van der Waals surface area contributed by atoms with E-state index in [4.69, 9.17) is 4.74 Å². The Labute approximate surface area is 119 Å². The Hall–Kier alpha value is -2.04. The van der Waals surface area contributed by atoms with E-state index in [1.807, 2.05) is 39.0 Å². The minimum atomic E-state index is -0.511. The second-order valence-corrected chi connectivity index (χ2v) is 5.66. The van der Waals surface area contributed by atoms with Gasteiger partial charge in [-0.15, -0.1) is 0 Å². The third kappa shape index (κ3) is 6.78. The number of para-hydroxylation sites is 1. The summed E-state index contributed by atoms with van der Waals surface area (Å²) < 4.78 is 5.20. The third-order valence-corrected chi connectivity index (χ3v) is 2.30. The number of urea groups is 1. The number of anilines is 1. The molecule has 0 saturated heterocycles. The van der Waals surface area contributed by atoms with Crippen LogP contribution in [0.5, 0.6) is 0 Å². The summed E-state index contributed by atoms with van der Waals surface area (Å²) in [5.74, 6) is -0.329. The molecule has 0 aromatic heterocycles. The van der Waals surface area contributed by atoms with Crippen LogP contribution in [0.15, 0.2) is 30.3 Å². The van der Waals surface area contributed by atoms with Crippen molar-refractivity contribution < 1.29 is 14.3 Å². The van der Waals surface area contributed by atoms with Crippen molar-refractivity contribution in [1.29, 1.82) is 0 Å². The van der Waals surface area contributed by atoms with Crippen LogP contribution in [0.2, 0.25) is 0 Å². The molecule has 0 aliphatic heterocycles. The maximum absolute atomic E-state index is 11.7. The number of carbonyl (C=O) groups excluding carboxylic acids is 2. The molecule has 0 aliphatic carbocycles. The van der Waals surface area contributed by atoms with Crippen molar-refractivity contribution in [3.63, 3.8) is 0 Å². The Morgan fingerprint density at radius 1 is 1.20 bits per heavy atom. The average molecular weight is 278 g/mol. The van der Waals surface area contributed by atoms with E-state index in [2.05, 4.69) is 10.6 Å². The monoisotopic (exact) mass is 278 g/mol. The lowest BCUT2D eigenvalue weighted by Crippen LogP contribution is -2.38. The van der Waals surface area contributed by atoms with Gasteiger partial charge in [-0.2, -0.15) is 0 Å². The Morgan fingerprint density at radius 2 is 1.80 bits per heavy atom. The van der Waals surface area contributed by atoms with Gasteiger partial charge in [0.15, 0.2) is 0 Å². The molecule has 1 rings (SSSR count). The molecule has 0 spiro atoms. The van der Waals surface area contributed by atoms with Crippen molar-refractivity contribution in [2.45, 2.75) is 45.8 Å². The molecule has 0 heterocycles. The summed E-state index contributed by atoms with van der Waals surface area (Å²) in [6, 6.07) is 8.48. The van der Waals surface area contributed by atoms with Crippen LogP contribution < -0.4 is 10.6 Å². The van der Waals surface area contributed by atoms with E-state index in [1.54, 1.807) is 19.1 Å². The molecule has 1 atom stereocenters. The van der Waals surface area contributed by atoms with Crippen LogP contribution in [0.25, 0.3) is 0 Å². The molecule has 5 heteroatoms. The van der Waals surface area contributed by atoms with E-state index in [9.17, 15) is 9.59 Å². The van der Waals surface area contributed by atoms with Crippen molar-refractivity contribution in [2.24, 2.45) is 0 Å². The van der Waals surface area contributed by atoms with E-state index in [-0.39, 0.29) is 24.5 Å². The van der Waals surface area contributed by atoms with Gasteiger partial charge in [0, 0.05) is 11.7 Å². The van der Waals surface area contributed by atoms with Gasteiger partial charge in [-0.1, -0.05) is 18.2 Å². The number of carbonyl (C=O) groups is 2. The Kier molecular flexibility index (Phi) is 5.55. The van der Waals surface area contributed by atoms with Crippen molar-refractivity contribution in [1.82, 2.24) is 5.32 Å². The summed E-state index contributed by atoms with van der Waals surface area (Å²) >= 11 is 0. The molecule has 20 heavy (non-hydrogen) atoms. The van der Waals surface area contributed by atoms with Crippen molar-refractivity contribution in [2.75, 3.05) is 5.32 Å². The molecule has 0 bridgehead atoms. The fraction of sp³-hybridized carbons (Fsp3) is 0.467. The Morgan fingerprint density at radius 3 is 2.35 bits per heavy atom. The summed E-state index contributed by atoms with van der Waals surface area (Å²) in [5, 5.41) is 5.39. The molecular weight excluding hydrogens is 256 g/mol. The first kappa shape index (κ1) is 16.0. The van der Waals surface area contributed by atoms with E-state index in [0.717, 1.165) is 0 Å². The summed E-state index contributed by atoms with van der Waals surface area (Å²) in [4.78, 5) is 23.3. The van der Waals surface area contributed by atoms with Crippen molar-refractivity contribution in [3.8, 4) is 0 Å². The summed E-state index contributed by atoms with van der Waals surface area (Å²) in [5.41, 5.74) is 0.192. The first-order valence-corrected chi connectivity index (χ1v) is 6.61. The Balaban J connectivity index is 2.37. The van der Waals surface area contributed by atoms with Crippen LogP contribution in [-0.2, 0) is 9.53 Å². The fourth-order valence-electron chi connectivity index (χ4n) is 1.60. The van der Waals surface area contributed by atoms with E-state index in [1.165, 1.54) is 0 Å². The highest BCUT2D eigenvalue weighted by molar-refractivity contribution is 5.89. The van der Waals surface area contributed by atoms with Gasteiger partial charge in [0.1, 0.15) is 5.60 Å². The zero-order valence-electron chi connectivity index (χ0n) is 12.4. The molecule has 110 valence electrons. The lowest BCUT2D eigenvalue weighted by Gasteiger charge is -2.21. The molecule has 1 aromatic rings. The van der Waals surface area contributed by atoms with Gasteiger partial charge in [0.25, 0.3) is 0 Å². The molecule has 0 radical (unpaired) electrons. The zero-order valence-corrected chi connectivity index (χ0v) is 12.4. The number of hydrogen-bond donors (Lipinski definition) is 2. The molecule has 5 nitrogen and oxygen atoms in total. The number of rotatable bonds is 4. The summed E-state index contributed by atoms with van der Waals surface area (Å²) in [7, 11) is 0. The topological polar surface area (TPSA) is 67.4 Å². The molecule has 2 amide bonds. The SMILES string of the molecule is CC(CC(=O)OC(C)(C)C)NC(=O)Nc1ccccc1. The molecule has 2 N–H and O–H groups in total. The maximum Gasteiger partial charge on any atom is 0.319 e. The molecule has 1 aromatic carbocycles. The van der Waals surface area contributed by atoms with Crippen LogP contribution in [0.1, 0.15) is 34.1 Å². The van der Waals surface area contributed by atoms with Crippen molar-refractivity contribution in [3.05, 3.63) is 30.3 Å². The van der Waals surface area contributed by atoms with E-state index < -0.39 is 5.60 Å². The quantitative estimate of drug-likeness (QED) is 0.832. The van der Waals surface area contributed by atoms with Gasteiger partial charge in [0.2, 0.25) is 0 Å². The van der Waals surface area contributed by atoms with Gasteiger partial charge in [-0.3, -0.25) is 4.79 Å². The number of ether oxygens (including phenoxy) is 1. The number of amides is 2. The van der Waals surface area contributed by atoms with Crippen LogP contribution in [0.3, 0.4) is 0 Å². The average Bonchev–Trinajstić information content (AvgIpc) is 2.26. The highest BCUT2D eigenvalue weighted by atomic mass is 16.6. The van der Waals surface area contributed by atoms with Gasteiger partial charge in [-0.05, 0) is 39.8 Å². The van der Waals surface area contributed by atoms with E-state index in [0.29, 0.717) is 5.69 Å². The maximum atomic E-state index is 11.7. The number of hydrogen-bond acceptors (Lipinski definition) is 3. The highest BCUT2D eigenvalue weighted by Crippen LogP contribution is 2.09. The molecule has 0 fully saturated rings. The predicted molar refractivity (Wildman–Crippen MR) is 78.5 cm³/mol. The lowest BCUT2D eigenvalue weighted by molar-refractivity contribution is -0.155. The third-order valence-electron chi connectivity index (χ3n) is 2.30. The largest absolute Gasteiger partial charge is 0.460 e.